The van der Waals surface area contributed by atoms with E-state index in [4.69, 9.17) is 9.47 Å². The van der Waals surface area contributed by atoms with E-state index in [1.165, 1.54) is 11.3 Å². The average Bonchev–Trinajstić information content (AvgIpc) is 3.34. The number of hydrogen-bond acceptors (Lipinski definition) is 6. The summed E-state index contributed by atoms with van der Waals surface area (Å²) in [6.45, 7) is 1.97. The van der Waals surface area contributed by atoms with Crippen molar-refractivity contribution in [2.45, 2.75) is 25.7 Å². The Bertz CT molecular complexity index is 1120. The van der Waals surface area contributed by atoms with Crippen LogP contribution in [0.2, 0.25) is 0 Å². The minimum atomic E-state index is -0.357. The second kappa shape index (κ2) is 8.77. The Morgan fingerprint density at radius 2 is 1.77 bits per heavy atom. The van der Waals surface area contributed by atoms with E-state index in [1.54, 1.807) is 44.6 Å². The summed E-state index contributed by atoms with van der Waals surface area (Å²) >= 11 is 1.43. The van der Waals surface area contributed by atoms with Gasteiger partial charge >= 0.3 is 0 Å². The number of hydrogen-bond donors (Lipinski definition) is 2. The van der Waals surface area contributed by atoms with Crippen molar-refractivity contribution >= 4 is 34.0 Å². The molecule has 0 bridgehead atoms. The fourth-order valence-electron chi connectivity index (χ4n) is 3.55. The number of rotatable bonds is 6. The standard InChI is InChI=1S/C23H23N3O4S/c1-13-4-6-14(7-5-13)21(27)26-23-25-20-16(9-11-19(20)31-23)22(28)24-15-8-10-17(29-2)18(12-15)30-3/h4-8,10,12,16H,9,11H2,1-3H3,(H,24,28)(H,25,26,27)/t16-/m1/s1. The van der Waals surface area contributed by atoms with Crippen LogP contribution in [0.1, 0.15) is 38.8 Å². The summed E-state index contributed by atoms with van der Waals surface area (Å²) in [5.41, 5.74) is 3.03. The summed E-state index contributed by atoms with van der Waals surface area (Å²) in [4.78, 5) is 31.0. The van der Waals surface area contributed by atoms with Crippen LogP contribution in [0.15, 0.2) is 42.5 Å². The van der Waals surface area contributed by atoms with Gasteiger partial charge in [-0.3, -0.25) is 14.9 Å². The van der Waals surface area contributed by atoms with Crippen LogP contribution < -0.4 is 20.1 Å². The summed E-state index contributed by atoms with van der Waals surface area (Å²) in [5, 5.41) is 6.30. The van der Waals surface area contributed by atoms with Crippen LogP contribution in [0.3, 0.4) is 0 Å². The lowest BCUT2D eigenvalue weighted by atomic mass is 10.1. The van der Waals surface area contributed by atoms with E-state index in [9.17, 15) is 9.59 Å². The number of ether oxygens (including phenoxy) is 2. The molecule has 2 amide bonds. The van der Waals surface area contributed by atoms with E-state index < -0.39 is 0 Å². The molecule has 2 N–H and O–H groups in total. The molecule has 160 valence electrons. The molecule has 0 saturated heterocycles. The molecule has 0 unspecified atom stereocenters. The monoisotopic (exact) mass is 437 g/mol. The van der Waals surface area contributed by atoms with Crippen LogP contribution in [0, 0.1) is 6.92 Å². The van der Waals surface area contributed by atoms with Gasteiger partial charge in [0, 0.05) is 22.2 Å². The van der Waals surface area contributed by atoms with Crippen molar-refractivity contribution < 1.29 is 19.1 Å². The molecule has 1 atom stereocenters. The third-order valence-corrected chi connectivity index (χ3v) is 6.27. The van der Waals surface area contributed by atoms with Gasteiger partial charge in [0.2, 0.25) is 5.91 Å². The van der Waals surface area contributed by atoms with Crippen LogP contribution in [-0.4, -0.2) is 31.0 Å². The Morgan fingerprint density at radius 1 is 1.03 bits per heavy atom. The molecule has 7 nitrogen and oxygen atoms in total. The molecule has 2 aromatic carbocycles. The number of nitrogens with zero attached hydrogens (tertiary/aromatic N) is 1. The molecular formula is C23H23N3O4S. The van der Waals surface area contributed by atoms with Gasteiger partial charge in [-0.1, -0.05) is 17.7 Å². The first-order valence-corrected chi connectivity index (χ1v) is 10.7. The van der Waals surface area contributed by atoms with Crippen molar-refractivity contribution in [2.24, 2.45) is 0 Å². The second-order valence-corrected chi connectivity index (χ2v) is 8.38. The minimum Gasteiger partial charge on any atom is -0.493 e. The fraction of sp³-hybridized carbons (Fsp3) is 0.261. The van der Waals surface area contributed by atoms with Gasteiger partial charge in [-0.2, -0.15) is 0 Å². The van der Waals surface area contributed by atoms with Crippen LogP contribution in [-0.2, 0) is 11.2 Å². The average molecular weight is 438 g/mol. The van der Waals surface area contributed by atoms with Crippen LogP contribution in [0.5, 0.6) is 11.5 Å². The molecule has 31 heavy (non-hydrogen) atoms. The maximum atomic E-state index is 12.9. The van der Waals surface area contributed by atoms with E-state index in [0.717, 1.165) is 22.6 Å². The maximum Gasteiger partial charge on any atom is 0.257 e. The second-order valence-electron chi connectivity index (χ2n) is 7.30. The van der Waals surface area contributed by atoms with Gasteiger partial charge in [0.15, 0.2) is 16.6 Å². The molecule has 0 fully saturated rings. The van der Waals surface area contributed by atoms with Gasteiger partial charge in [0.1, 0.15) is 0 Å². The molecule has 1 aromatic heterocycles. The SMILES string of the molecule is COc1ccc(NC(=O)[C@@H]2CCc3sc(NC(=O)c4ccc(C)cc4)nc32)cc1OC. The topological polar surface area (TPSA) is 89.6 Å². The number of thiazole rings is 1. The van der Waals surface area contributed by atoms with Crippen molar-refractivity contribution in [3.05, 3.63) is 64.2 Å². The first kappa shape index (κ1) is 20.9. The largest absolute Gasteiger partial charge is 0.493 e. The fourth-order valence-corrected chi connectivity index (χ4v) is 4.59. The molecule has 8 heteroatoms. The zero-order valence-electron chi connectivity index (χ0n) is 17.5. The first-order valence-electron chi connectivity index (χ1n) is 9.89. The van der Waals surface area contributed by atoms with E-state index >= 15 is 0 Å². The number of nitrogens with one attached hydrogen (secondary N) is 2. The molecule has 1 aliphatic carbocycles. The van der Waals surface area contributed by atoms with Gasteiger partial charge in [0.25, 0.3) is 5.91 Å². The smallest absolute Gasteiger partial charge is 0.257 e. The Labute approximate surface area is 184 Å². The summed E-state index contributed by atoms with van der Waals surface area (Å²) in [6, 6.07) is 12.6. The zero-order valence-corrected chi connectivity index (χ0v) is 18.3. The number of aryl methyl sites for hydroxylation is 2. The molecule has 1 heterocycles. The lowest BCUT2D eigenvalue weighted by molar-refractivity contribution is -0.117. The van der Waals surface area contributed by atoms with E-state index in [0.29, 0.717) is 34.3 Å². The normalized spacial score (nSPS) is 14.6. The maximum absolute atomic E-state index is 12.9. The number of benzene rings is 2. The molecular weight excluding hydrogens is 414 g/mol. The third-order valence-electron chi connectivity index (χ3n) is 5.22. The predicted molar refractivity (Wildman–Crippen MR) is 120 cm³/mol. The number of methoxy groups -OCH3 is 2. The number of carbonyl (C=O) groups is 2. The number of amides is 2. The highest BCUT2D eigenvalue weighted by atomic mass is 32.1. The number of anilines is 2. The summed E-state index contributed by atoms with van der Waals surface area (Å²) < 4.78 is 10.5. The Kier molecular flexibility index (Phi) is 5.90. The van der Waals surface area contributed by atoms with Crippen LogP contribution in [0.25, 0.3) is 0 Å². The first-order chi connectivity index (χ1) is 15.0. The zero-order chi connectivity index (χ0) is 22.0. The quantitative estimate of drug-likeness (QED) is 0.597. The molecule has 0 spiro atoms. The predicted octanol–water partition coefficient (Wildman–Crippen LogP) is 4.39. The van der Waals surface area contributed by atoms with Gasteiger partial charge in [-0.05, 0) is 44.0 Å². The summed E-state index contributed by atoms with van der Waals surface area (Å²) in [7, 11) is 3.11. The summed E-state index contributed by atoms with van der Waals surface area (Å²) in [5.74, 6) is 0.440. The van der Waals surface area contributed by atoms with E-state index in [-0.39, 0.29) is 17.7 Å². The molecule has 1 aliphatic rings. The van der Waals surface area contributed by atoms with Gasteiger partial charge < -0.3 is 14.8 Å². The molecule has 3 aromatic rings. The molecule has 0 saturated carbocycles. The summed E-state index contributed by atoms with van der Waals surface area (Å²) in [6.07, 6.45) is 1.46. The molecule has 0 radical (unpaired) electrons. The van der Waals surface area contributed by atoms with Gasteiger partial charge in [-0.15, -0.1) is 11.3 Å². The number of fused-ring (bicyclic) bond motifs is 1. The van der Waals surface area contributed by atoms with Crippen LogP contribution >= 0.6 is 11.3 Å². The number of carbonyl (C=O) groups excluding carboxylic acids is 2. The Balaban J connectivity index is 1.46. The van der Waals surface area contributed by atoms with Gasteiger partial charge in [-0.25, -0.2) is 4.98 Å². The lowest BCUT2D eigenvalue weighted by Crippen LogP contribution is -2.20. The number of aromatic nitrogens is 1. The molecule has 4 rings (SSSR count). The van der Waals surface area contributed by atoms with Gasteiger partial charge in [0.05, 0.1) is 25.8 Å². The molecule has 0 aliphatic heterocycles. The highest BCUT2D eigenvalue weighted by Gasteiger charge is 2.33. The third kappa shape index (κ3) is 4.39. The van der Waals surface area contributed by atoms with Crippen molar-refractivity contribution in [1.82, 2.24) is 4.98 Å². The Morgan fingerprint density at radius 3 is 2.48 bits per heavy atom. The van der Waals surface area contributed by atoms with E-state index in [2.05, 4.69) is 15.6 Å². The van der Waals surface area contributed by atoms with Crippen molar-refractivity contribution in [1.29, 1.82) is 0 Å². The van der Waals surface area contributed by atoms with Crippen molar-refractivity contribution in [3.8, 4) is 11.5 Å². The Hall–Kier alpha value is -3.39. The highest BCUT2D eigenvalue weighted by Crippen LogP contribution is 2.39. The van der Waals surface area contributed by atoms with Crippen LogP contribution in [0.4, 0.5) is 10.8 Å². The lowest BCUT2D eigenvalue weighted by Gasteiger charge is -2.13. The highest BCUT2D eigenvalue weighted by molar-refractivity contribution is 7.16. The van der Waals surface area contributed by atoms with Crippen molar-refractivity contribution in [2.75, 3.05) is 24.9 Å². The minimum absolute atomic E-state index is 0.132. The van der Waals surface area contributed by atoms with Crippen molar-refractivity contribution in [3.63, 3.8) is 0 Å². The van der Waals surface area contributed by atoms with E-state index in [1.807, 2.05) is 19.1 Å².